The van der Waals surface area contributed by atoms with Gasteiger partial charge in [0.2, 0.25) is 10.0 Å². The van der Waals surface area contributed by atoms with Gasteiger partial charge in [-0.25, -0.2) is 8.42 Å². The largest absolute Gasteiger partial charge is 0.481 e. The molecule has 1 aliphatic carbocycles. The van der Waals surface area contributed by atoms with Gasteiger partial charge in [0.15, 0.2) is 0 Å². The van der Waals surface area contributed by atoms with Gasteiger partial charge in [-0.1, -0.05) is 24.3 Å². The molecule has 0 aromatic heterocycles. The Balaban J connectivity index is 1.54. The molecule has 1 atom stereocenters. The van der Waals surface area contributed by atoms with Crippen molar-refractivity contribution < 1.29 is 31.5 Å². The first-order valence-electron chi connectivity index (χ1n) is 9.80. The number of fused-ring (bicyclic) bond motifs is 1. The van der Waals surface area contributed by atoms with Crippen LogP contribution >= 0.6 is 0 Å². The van der Waals surface area contributed by atoms with Crippen LogP contribution in [0.1, 0.15) is 41.0 Å². The van der Waals surface area contributed by atoms with E-state index in [-0.39, 0.29) is 18.0 Å². The molecule has 1 heterocycles. The third kappa shape index (κ3) is 4.12. The van der Waals surface area contributed by atoms with Crippen molar-refractivity contribution in [1.82, 2.24) is 4.31 Å². The van der Waals surface area contributed by atoms with Gasteiger partial charge in [0.05, 0.1) is 16.4 Å². The second kappa shape index (κ2) is 7.80. The molecule has 1 unspecified atom stereocenters. The first kappa shape index (κ1) is 21.6. The standard InChI is InChI=1S/C22H20F3NO4S/c23-22(24,25)17-5-1-14(2-6-17)15-9-11-26(12-10-15)31(29,30)18-7-3-16-4-8-19(21(27)28)20(16)13-18/h1-3,5-7,9,13,19H,4,8,10-12H2,(H,27,28). The predicted molar refractivity (Wildman–Crippen MR) is 108 cm³/mol. The lowest BCUT2D eigenvalue weighted by atomic mass is 9.99. The van der Waals surface area contributed by atoms with Crippen molar-refractivity contribution in [2.45, 2.75) is 36.3 Å². The first-order valence-corrected chi connectivity index (χ1v) is 11.2. The van der Waals surface area contributed by atoms with Gasteiger partial charge < -0.3 is 5.11 Å². The second-order valence-electron chi connectivity index (χ2n) is 7.71. The molecular formula is C22H20F3NO4S. The molecule has 0 spiro atoms. The fraction of sp³-hybridized carbons (Fsp3) is 0.318. The maximum Gasteiger partial charge on any atom is 0.416 e. The number of alkyl halides is 3. The molecule has 9 heteroatoms. The third-order valence-electron chi connectivity index (χ3n) is 5.89. The van der Waals surface area contributed by atoms with Crippen LogP contribution in [0, 0.1) is 0 Å². The molecular weight excluding hydrogens is 431 g/mol. The minimum Gasteiger partial charge on any atom is -0.481 e. The SMILES string of the molecule is O=C(O)C1CCc2ccc(S(=O)(=O)N3CC=C(c4ccc(C(F)(F)F)cc4)CC3)cc21. The Bertz CT molecular complexity index is 1150. The maximum atomic E-state index is 13.1. The molecule has 0 amide bonds. The molecule has 0 saturated heterocycles. The molecule has 4 rings (SSSR count). The summed E-state index contributed by atoms with van der Waals surface area (Å²) in [5, 5.41) is 9.37. The van der Waals surface area contributed by atoms with Crippen molar-refractivity contribution in [1.29, 1.82) is 0 Å². The summed E-state index contributed by atoms with van der Waals surface area (Å²) in [6, 6.07) is 9.47. The van der Waals surface area contributed by atoms with Crippen molar-refractivity contribution in [2.75, 3.05) is 13.1 Å². The highest BCUT2D eigenvalue weighted by Gasteiger charge is 2.33. The van der Waals surface area contributed by atoms with Crippen molar-refractivity contribution in [3.8, 4) is 0 Å². The van der Waals surface area contributed by atoms with Gasteiger partial charge in [0, 0.05) is 13.1 Å². The topological polar surface area (TPSA) is 74.7 Å². The van der Waals surface area contributed by atoms with Crippen LogP contribution in [0.2, 0.25) is 0 Å². The average Bonchev–Trinajstić information content (AvgIpc) is 3.17. The number of aryl methyl sites for hydroxylation is 1. The van der Waals surface area contributed by atoms with Crippen LogP contribution in [-0.4, -0.2) is 36.9 Å². The number of hydrogen-bond donors (Lipinski definition) is 1. The fourth-order valence-electron chi connectivity index (χ4n) is 4.15. The Morgan fingerprint density at radius 3 is 2.35 bits per heavy atom. The lowest BCUT2D eigenvalue weighted by Crippen LogP contribution is -2.34. The first-order chi connectivity index (χ1) is 14.6. The quantitative estimate of drug-likeness (QED) is 0.752. The molecule has 0 saturated carbocycles. The summed E-state index contributed by atoms with van der Waals surface area (Å²) in [6.07, 6.45) is -1.27. The number of carboxylic acids is 1. The molecule has 2 aromatic rings. The summed E-state index contributed by atoms with van der Waals surface area (Å²) in [5.74, 6) is -1.66. The Kier molecular flexibility index (Phi) is 5.43. The lowest BCUT2D eigenvalue weighted by Gasteiger charge is -2.26. The van der Waals surface area contributed by atoms with Gasteiger partial charge in [-0.15, -0.1) is 0 Å². The van der Waals surface area contributed by atoms with Gasteiger partial charge >= 0.3 is 12.1 Å². The van der Waals surface area contributed by atoms with Gasteiger partial charge in [-0.05, 0) is 65.8 Å². The summed E-state index contributed by atoms with van der Waals surface area (Å²) < 4.78 is 65.7. The van der Waals surface area contributed by atoms with Crippen molar-refractivity contribution >= 4 is 21.6 Å². The Hall–Kier alpha value is -2.65. The van der Waals surface area contributed by atoms with Crippen LogP contribution in [0.5, 0.6) is 0 Å². The van der Waals surface area contributed by atoms with E-state index in [9.17, 15) is 31.5 Å². The summed E-state index contributed by atoms with van der Waals surface area (Å²) in [6.45, 7) is 0.284. The second-order valence-corrected chi connectivity index (χ2v) is 9.65. The van der Waals surface area contributed by atoms with Crippen molar-refractivity contribution in [2.24, 2.45) is 0 Å². The molecule has 2 aromatic carbocycles. The van der Waals surface area contributed by atoms with E-state index in [4.69, 9.17) is 0 Å². The van der Waals surface area contributed by atoms with Crippen molar-refractivity contribution in [3.63, 3.8) is 0 Å². The maximum absolute atomic E-state index is 13.1. The summed E-state index contributed by atoms with van der Waals surface area (Å²) in [5.41, 5.74) is 2.10. The van der Waals surface area contributed by atoms with E-state index in [0.717, 1.165) is 23.3 Å². The number of rotatable bonds is 4. The molecule has 164 valence electrons. The molecule has 5 nitrogen and oxygen atoms in total. The van der Waals surface area contributed by atoms with Gasteiger partial charge in [0.25, 0.3) is 0 Å². The zero-order chi connectivity index (χ0) is 22.4. The van der Waals surface area contributed by atoms with Gasteiger partial charge in [-0.2, -0.15) is 17.5 Å². The van der Waals surface area contributed by atoms with E-state index in [1.807, 2.05) is 0 Å². The van der Waals surface area contributed by atoms with E-state index in [1.54, 1.807) is 12.1 Å². The number of nitrogens with zero attached hydrogens (tertiary/aromatic N) is 1. The van der Waals surface area contributed by atoms with E-state index in [1.165, 1.54) is 28.6 Å². The number of sulfonamides is 1. The third-order valence-corrected chi connectivity index (χ3v) is 7.75. The fourth-order valence-corrected chi connectivity index (χ4v) is 5.57. The van der Waals surface area contributed by atoms with Gasteiger partial charge in [0.1, 0.15) is 0 Å². The van der Waals surface area contributed by atoms with Gasteiger partial charge in [-0.3, -0.25) is 4.79 Å². The minimum atomic E-state index is -4.40. The summed E-state index contributed by atoms with van der Waals surface area (Å²) >= 11 is 0. The molecule has 1 N–H and O–H groups in total. The number of hydrogen-bond acceptors (Lipinski definition) is 3. The summed E-state index contributed by atoms with van der Waals surface area (Å²) in [7, 11) is -3.82. The van der Waals surface area contributed by atoms with E-state index >= 15 is 0 Å². The number of halogens is 3. The number of benzene rings is 2. The zero-order valence-electron chi connectivity index (χ0n) is 16.4. The Labute approximate surface area is 177 Å². The molecule has 0 radical (unpaired) electrons. The number of carboxylic acid groups (broad SMARTS) is 1. The Morgan fingerprint density at radius 2 is 1.77 bits per heavy atom. The van der Waals surface area contributed by atoms with Crippen molar-refractivity contribution in [3.05, 3.63) is 70.8 Å². The average molecular weight is 451 g/mol. The highest BCUT2D eigenvalue weighted by molar-refractivity contribution is 7.89. The molecule has 1 aliphatic heterocycles. The predicted octanol–water partition coefficient (Wildman–Crippen LogP) is 4.30. The van der Waals surface area contributed by atoms with Crippen LogP contribution in [-0.2, 0) is 27.4 Å². The van der Waals surface area contributed by atoms with E-state index in [2.05, 4.69) is 0 Å². The smallest absolute Gasteiger partial charge is 0.416 e. The van der Waals surface area contributed by atoms with Crippen LogP contribution in [0.4, 0.5) is 13.2 Å². The van der Waals surface area contributed by atoms with Crippen LogP contribution < -0.4 is 0 Å². The minimum absolute atomic E-state index is 0.0609. The molecule has 0 fully saturated rings. The Morgan fingerprint density at radius 1 is 1.06 bits per heavy atom. The highest BCUT2D eigenvalue weighted by Crippen LogP contribution is 2.36. The molecule has 2 aliphatic rings. The molecule has 0 bridgehead atoms. The van der Waals surface area contributed by atoms with E-state index < -0.39 is 33.7 Å². The van der Waals surface area contributed by atoms with E-state index in [0.29, 0.717) is 30.4 Å². The lowest BCUT2D eigenvalue weighted by molar-refractivity contribution is -0.139. The van der Waals surface area contributed by atoms with Crippen LogP contribution in [0.3, 0.4) is 0 Å². The van der Waals surface area contributed by atoms with Crippen LogP contribution in [0.15, 0.2) is 53.4 Å². The highest BCUT2D eigenvalue weighted by atomic mass is 32.2. The monoisotopic (exact) mass is 451 g/mol. The zero-order valence-corrected chi connectivity index (χ0v) is 17.2. The number of carbonyl (C=O) groups is 1. The number of aliphatic carboxylic acids is 1. The molecule has 31 heavy (non-hydrogen) atoms. The summed E-state index contributed by atoms with van der Waals surface area (Å²) in [4.78, 5) is 11.5. The van der Waals surface area contributed by atoms with Crippen LogP contribution in [0.25, 0.3) is 5.57 Å². The normalized spacial score (nSPS) is 19.7.